The summed E-state index contributed by atoms with van der Waals surface area (Å²) in [6.07, 6.45) is 0.701. The van der Waals surface area contributed by atoms with E-state index in [1.54, 1.807) is 12.1 Å². The SMILES string of the molecule is CCCNC(=O)C(C)N(Cc1ccccc1F)C(=O)CN(c1ccc2c(c1)OCO2)S(=O)(=O)CC. The van der Waals surface area contributed by atoms with Gasteiger partial charge < -0.3 is 19.7 Å². The number of sulfonamides is 1. The number of hydrogen-bond acceptors (Lipinski definition) is 6. The normalized spacial score (nSPS) is 13.3. The number of benzene rings is 2. The third kappa shape index (κ3) is 6.21. The van der Waals surface area contributed by atoms with Crippen LogP contribution in [0.5, 0.6) is 11.5 Å². The molecule has 1 aliphatic heterocycles. The first-order valence-corrected chi connectivity index (χ1v) is 13.0. The van der Waals surface area contributed by atoms with Gasteiger partial charge in [0.1, 0.15) is 18.4 Å². The highest BCUT2D eigenvalue weighted by atomic mass is 32.2. The molecule has 1 atom stereocenters. The number of ether oxygens (including phenoxy) is 2. The van der Waals surface area contributed by atoms with Crippen molar-refractivity contribution in [2.45, 2.75) is 39.8 Å². The van der Waals surface area contributed by atoms with Crippen LogP contribution in [0.4, 0.5) is 10.1 Å². The number of halogens is 1. The Morgan fingerprint density at radius 2 is 1.83 bits per heavy atom. The summed E-state index contributed by atoms with van der Waals surface area (Å²) in [4.78, 5) is 27.4. The molecule has 0 radical (unpaired) electrons. The van der Waals surface area contributed by atoms with Crippen LogP contribution in [0, 0.1) is 5.82 Å². The van der Waals surface area contributed by atoms with Crippen LogP contribution in [-0.4, -0.2) is 56.8 Å². The quantitative estimate of drug-likeness (QED) is 0.501. The second-order valence-electron chi connectivity index (χ2n) is 8.02. The first-order chi connectivity index (χ1) is 16.7. The van der Waals surface area contributed by atoms with E-state index < -0.39 is 40.2 Å². The number of nitrogens with one attached hydrogen (secondary N) is 1. The van der Waals surface area contributed by atoms with Gasteiger partial charge in [0.05, 0.1) is 11.4 Å². The topological polar surface area (TPSA) is 105 Å². The molecule has 0 saturated heterocycles. The van der Waals surface area contributed by atoms with Gasteiger partial charge in [0, 0.05) is 24.7 Å². The molecule has 1 heterocycles. The molecule has 0 saturated carbocycles. The number of rotatable bonds is 11. The zero-order valence-corrected chi connectivity index (χ0v) is 20.8. The molecule has 35 heavy (non-hydrogen) atoms. The lowest BCUT2D eigenvalue weighted by atomic mass is 10.1. The van der Waals surface area contributed by atoms with E-state index in [2.05, 4.69) is 5.32 Å². The van der Waals surface area contributed by atoms with Crippen LogP contribution < -0.4 is 19.1 Å². The Hall–Kier alpha value is -3.34. The summed E-state index contributed by atoms with van der Waals surface area (Å²) in [6, 6.07) is 9.55. The molecule has 11 heteroatoms. The minimum atomic E-state index is -3.89. The maximum atomic E-state index is 14.4. The number of nitrogens with zero attached hydrogens (tertiary/aromatic N) is 2. The fourth-order valence-corrected chi connectivity index (χ4v) is 4.60. The molecule has 1 unspecified atom stereocenters. The van der Waals surface area contributed by atoms with Crippen LogP contribution >= 0.6 is 0 Å². The van der Waals surface area contributed by atoms with Gasteiger partial charge in [0.25, 0.3) is 0 Å². The van der Waals surface area contributed by atoms with Crippen molar-refractivity contribution in [2.24, 2.45) is 0 Å². The molecule has 1 aliphatic rings. The second-order valence-corrected chi connectivity index (χ2v) is 10.2. The minimum Gasteiger partial charge on any atom is -0.454 e. The van der Waals surface area contributed by atoms with E-state index >= 15 is 0 Å². The third-order valence-electron chi connectivity index (χ3n) is 5.64. The molecule has 0 aromatic heterocycles. The Labute approximate surface area is 204 Å². The van der Waals surface area contributed by atoms with Crippen molar-refractivity contribution < 1.29 is 31.9 Å². The Morgan fingerprint density at radius 1 is 1.11 bits per heavy atom. The fraction of sp³-hybridized carbons (Fsp3) is 0.417. The third-order valence-corrected chi connectivity index (χ3v) is 7.38. The van der Waals surface area contributed by atoms with Gasteiger partial charge in [0.2, 0.25) is 28.6 Å². The molecule has 190 valence electrons. The van der Waals surface area contributed by atoms with Gasteiger partial charge in [-0.1, -0.05) is 25.1 Å². The highest BCUT2D eigenvalue weighted by Crippen LogP contribution is 2.36. The van der Waals surface area contributed by atoms with E-state index in [0.29, 0.717) is 24.5 Å². The monoisotopic (exact) mass is 507 g/mol. The van der Waals surface area contributed by atoms with Gasteiger partial charge in [-0.15, -0.1) is 0 Å². The number of anilines is 1. The Morgan fingerprint density at radius 3 is 2.51 bits per heavy atom. The molecular formula is C24H30FN3O6S. The largest absolute Gasteiger partial charge is 0.454 e. The summed E-state index contributed by atoms with van der Waals surface area (Å²) >= 11 is 0. The molecule has 0 spiro atoms. The van der Waals surface area contributed by atoms with Crippen LogP contribution in [0.15, 0.2) is 42.5 Å². The van der Waals surface area contributed by atoms with Gasteiger partial charge in [-0.05, 0) is 38.5 Å². The van der Waals surface area contributed by atoms with Crippen LogP contribution in [-0.2, 0) is 26.2 Å². The summed E-state index contributed by atoms with van der Waals surface area (Å²) in [5.41, 5.74) is 0.433. The van der Waals surface area contributed by atoms with E-state index in [0.717, 1.165) is 4.31 Å². The zero-order valence-electron chi connectivity index (χ0n) is 20.0. The number of hydrogen-bond donors (Lipinski definition) is 1. The smallest absolute Gasteiger partial charge is 0.244 e. The first kappa shape index (κ1) is 26.3. The summed E-state index contributed by atoms with van der Waals surface area (Å²) in [5.74, 6) is -1.01. The van der Waals surface area contributed by atoms with Crippen LogP contribution in [0.25, 0.3) is 0 Å². The van der Waals surface area contributed by atoms with Crippen molar-refractivity contribution in [3.63, 3.8) is 0 Å². The summed E-state index contributed by atoms with van der Waals surface area (Å²) < 4.78 is 51.9. The van der Waals surface area contributed by atoms with Gasteiger partial charge in [-0.2, -0.15) is 0 Å². The average molecular weight is 508 g/mol. The first-order valence-electron chi connectivity index (χ1n) is 11.4. The molecule has 2 aromatic rings. The van der Waals surface area contributed by atoms with E-state index in [4.69, 9.17) is 9.47 Å². The molecule has 2 aromatic carbocycles. The number of carbonyl (C=O) groups excluding carboxylic acids is 2. The molecule has 3 rings (SSSR count). The number of amides is 2. The van der Waals surface area contributed by atoms with Crippen molar-refractivity contribution in [1.82, 2.24) is 10.2 Å². The lowest BCUT2D eigenvalue weighted by molar-refractivity contribution is -0.139. The highest BCUT2D eigenvalue weighted by Gasteiger charge is 2.32. The van der Waals surface area contributed by atoms with Crippen molar-refractivity contribution >= 4 is 27.5 Å². The van der Waals surface area contributed by atoms with Gasteiger partial charge in [-0.3, -0.25) is 13.9 Å². The van der Waals surface area contributed by atoms with Gasteiger partial charge in [-0.25, -0.2) is 12.8 Å². The van der Waals surface area contributed by atoms with Crippen molar-refractivity contribution in [3.05, 3.63) is 53.8 Å². The molecule has 2 amide bonds. The molecule has 1 N–H and O–H groups in total. The predicted molar refractivity (Wildman–Crippen MR) is 129 cm³/mol. The summed E-state index contributed by atoms with van der Waals surface area (Å²) in [7, 11) is -3.89. The zero-order chi connectivity index (χ0) is 25.6. The summed E-state index contributed by atoms with van der Waals surface area (Å²) in [6.45, 7) is 4.55. The van der Waals surface area contributed by atoms with Crippen LogP contribution in [0.2, 0.25) is 0 Å². The second kappa shape index (κ2) is 11.4. The molecule has 0 bridgehead atoms. The van der Waals surface area contributed by atoms with Gasteiger partial charge in [0.15, 0.2) is 11.5 Å². The van der Waals surface area contributed by atoms with Crippen LogP contribution in [0.3, 0.4) is 0 Å². The lowest BCUT2D eigenvalue weighted by Gasteiger charge is -2.32. The highest BCUT2D eigenvalue weighted by molar-refractivity contribution is 7.92. The van der Waals surface area contributed by atoms with E-state index in [1.165, 1.54) is 49.1 Å². The van der Waals surface area contributed by atoms with Crippen molar-refractivity contribution in [2.75, 3.05) is 29.9 Å². The fourth-order valence-electron chi connectivity index (χ4n) is 3.55. The summed E-state index contributed by atoms with van der Waals surface area (Å²) in [5, 5.41) is 2.73. The number of fused-ring (bicyclic) bond motifs is 1. The van der Waals surface area contributed by atoms with E-state index in [1.807, 2.05) is 6.92 Å². The standard InChI is InChI=1S/C24H30FN3O6S/c1-4-12-26-24(30)17(3)27(14-18-8-6-7-9-20(18)25)23(29)15-28(35(31,32)5-2)19-10-11-21-22(13-19)34-16-33-21/h6-11,13,17H,4-5,12,14-16H2,1-3H3,(H,26,30). The van der Waals surface area contributed by atoms with E-state index in [9.17, 15) is 22.4 Å². The van der Waals surface area contributed by atoms with E-state index in [-0.39, 0.29) is 30.3 Å². The minimum absolute atomic E-state index is 0.0129. The molecule has 9 nitrogen and oxygen atoms in total. The molecule has 0 fully saturated rings. The molecular weight excluding hydrogens is 477 g/mol. The van der Waals surface area contributed by atoms with Crippen LogP contribution in [0.1, 0.15) is 32.8 Å². The predicted octanol–water partition coefficient (Wildman–Crippen LogP) is 2.65. The average Bonchev–Trinajstić information content (AvgIpc) is 3.32. The maximum absolute atomic E-state index is 14.4. The van der Waals surface area contributed by atoms with Gasteiger partial charge >= 0.3 is 0 Å². The maximum Gasteiger partial charge on any atom is 0.244 e. The van der Waals surface area contributed by atoms with Crippen molar-refractivity contribution in [3.8, 4) is 11.5 Å². The number of carbonyl (C=O) groups is 2. The Kier molecular flexibility index (Phi) is 8.55. The Bertz CT molecular complexity index is 1170. The lowest BCUT2D eigenvalue weighted by Crippen LogP contribution is -2.51. The Balaban J connectivity index is 1.94. The van der Waals surface area contributed by atoms with Crippen molar-refractivity contribution in [1.29, 1.82) is 0 Å². The molecule has 0 aliphatic carbocycles.